The molecule has 28 heavy (non-hydrogen) atoms. The third-order valence-corrected chi connectivity index (χ3v) is 6.45. The van der Waals surface area contributed by atoms with Crippen molar-refractivity contribution in [3.8, 4) is 5.75 Å². The lowest BCUT2D eigenvalue weighted by Crippen LogP contribution is -2.43. The Morgan fingerprint density at radius 2 is 1.71 bits per heavy atom. The number of piperidine rings is 1. The first kappa shape index (κ1) is 20.6. The average Bonchev–Trinajstić information content (AvgIpc) is 2.72. The summed E-state index contributed by atoms with van der Waals surface area (Å²) in [7, 11) is -3.55. The first-order chi connectivity index (χ1) is 13.4. The summed E-state index contributed by atoms with van der Waals surface area (Å²) in [6, 6.07) is 15.3. The second kappa shape index (κ2) is 9.41. The van der Waals surface area contributed by atoms with E-state index >= 15 is 0 Å². The molecule has 1 fully saturated rings. The van der Waals surface area contributed by atoms with E-state index < -0.39 is 10.0 Å². The number of halogens is 1. The zero-order chi connectivity index (χ0) is 20.0. The van der Waals surface area contributed by atoms with Gasteiger partial charge in [-0.1, -0.05) is 29.8 Å². The van der Waals surface area contributed by atoms with E-state index in [0.717, 1.165) is 12.8 Å². The number of benzene rings is 2. The molecule has 3 rings (SSSR count). The minimum atomic E-state index is -3.55. The van der Waals surface area contributed by atoms with Crippen LogP contribution in [0.2, 0.25) is 5.02 Å². The Morgan fingerprint density at radius 3 is 2.36 bits per heavy atom. The molecule has 0 aromatic heterocycles. The van der Waals surface area contributed by atoms with E-state index in [2.05, 4.69) is 4.72 Å². The van der Waals surface area contributed by atoms with Crippen molar-refractivity contribution in [1.82, 2.24) is 9.62 Å². The second-order valence-electron chi connectivity index (χ2n) is 6.73. The van der Waals surface area contributed by atoms with Gasteiger partial charge in [0.1, 0.15) is 5.75 Å². The summed E-state index contributed by atoms with van der Waals surface area (Å²) in [6.45, 7) is 1.57. The van der Waals surface area contributed by atoms with E-state index in [0.29, 0.717) is 30.4 Å². The quantitative estimate of drug-likeness (QED) is 0.744. The van der Waals surface area contributed by atoms with Crippen molar-refractivity contribution < 1.29 is 17.9 Å². The van der Waals surface area contributed by atoms with Crippen LogP contribution in [0.5, 0.6) is 5.75 Å². The Hall–Kier alpha value is -2.09. The molecule has 1 amide bonds. The van der Waals surface area contributed by atoms with Gasteiger partial charge in [0.05, 0.1) is 4.90 Å². The minimum absolute atomic E-state index is 0.0118. The van der Waals surface area contributed by atoms with Crippen LogP contribution in [0.1, 0.15) is 12.8 Å². The van der Waals surface area contributed by atoms with Crippen molar-refractivity contribution in [2.24, 2.45) is 5.92 Å². The molecule has 8 heteroatoms. The first-order valence-electron chi connectivity index (χ1n) is 9.15. The molecule has 1 N–H and O–H groups in total. The number of hydrogen-bond donors (Lipinski definition) is 1. The molecule has 1 aliphatic rings. The zero-order valence-electron chi connectivity index (χ0n) is 15.4. The second-order valence-corrected chi connectivity index (χ2v) is 8.94. The number of rotatable bonds is 7. The largest absolute Gasteiger partial charge is 0.484 e. The molecule has 2 aromatic rings. The van der Waals surface area contributed by atoms with Gasteiger partial charge in [-0.15, -0.1) is 0 Å². The third-order valence-electron chi connectivity index (χ3n) is 4.76. The van der Waals surface area contributed by atoms with Gasteiger partial charge in [0.25, 0.3) is 5.91 Å². The normalized spacial score (nSPS) is 15.4. The molecule has 0 spiro atoms. The van der Waals surface area contributed by atoms with Gasteiger partial charge in [0.15, 0.2) is 6.61 Å². The predicted octanol–water partition coefficient (Wildman–Crippen LogP) is 2.94. The van der Waals surface area contributed by atoms with E-state index in [1.165, 1.54) is 12.1 Å². The van der Waals surface area contributed by atoms with Crippen molar-refractivity contribution in [2.45, 2.75) is 17.7 Å². The fourth-order valence-electron chi connectivity index (χ4n) is 3.06. The Balaban J connectivity index is 1.42. The Labute approximate surface area is 170 Å². The molecule has 0 atom stereocenters. The van der Waals surface area contributed by atoms with Crippen LogP contribution >= 0.6 is 11.6 Å². The fourth-order valence-corrected chi connectivity index (χ4v) is 4.31. The van der Waals surface area contributed by atoms with Gasteiger partial charge < -0.3 is 9.64 Å². The summed E-state index contributed by atoms with van der Waals surface area (Å²) >= 11 is 5.80. The molecular weight excluding hydrogens is 400 g/mol. The summed E-state index contributed by atoms with van der Waals surface area (Å²) in [4.78, 5) is 14.3. The first-order valence-corrected chi connectivity index (χ1v) is 11.0. The SMILES string of the molecule is O=C(COc1ccccc1)N1CCC(CNS(=O)(=O)c2ccc(Cl)cc2)CC1. The standard InChI is InChI=1S/C20H23ClN2O4S/c21-17-6-8-19(9-7-17)28(25,26)22-14-16-10-12-23(13-11-16)20(24)15-27-18-4-2-1-3-5-18/h1-9,16,22H,10-15H2. The zero-order valence-corrected chi connectivity index (χ0v) is 17.0. The van der Waals surface area contributed by atoms with Gasteiger partial charge in [-0.05, 0) is 55.2 Å². The monoisotopic (exact) mass is 422 g/mol. The maximum Gasteiger partial charge on any atom is 0.260 e. The predicted molar refractivity (Wildman–Crippen MR) is 108 cm³/mol. The third kappa shape index (κ3) is 5.70. The molecule has 1 aliphatic heterocycles. The van der Waals surface area contributed by atoms with E-state index in [9.17, 15) is 13.2 Å². The van der Waals surface area contributed by atoms with Gasteiger partial charge >= 0.3 is 0 Å². The lowest BCUT2D eigenvalue weighted by molar-refractivity contribution is -0.134. The maximum atomic E-state index is 12.3. The van der Waals surface area contributed by atoms with Gasteiger partial charge in [-0.25, -0.2) is 13.1 Å². The minimum Gasteiger partial charge on any atom is -0.484 e. The number of carbonyl (C=O) groups excluding carboxylic acids is 1. The van der Waals surface area contributed by atoms with Crippen LogP contribution in [0.25, 0.3) is 0 Å². The molecule has 0 unspecified atom stereocenters. The number of sulfonamides is 1. The number of carbonyl (C=O) groups is 1. The molecule has 2 aromatic carbocycles. The number of amides is 1. The summed E-state index contributed by atoms with van der Waals surface area (Å²) in [5, 5.41) is 0.493. The number of nitrogens with zero attached hydrogens (tertiary/aromatic N) is 1. The molecule has 1 saturated heterocycles. The van der Waals surface area contributed by atoms with Crippen LogP contribution in [0.3, 0.4) is 0 Å². The van der Waals surface area contributed by atoms with E-state index in [4.69, 9.17) is 16.3 Å². The number of ether oxygens (including phenoxy) is 1. The van der Waals surface area contributed by atoms with Crippen molar-refractivity contribution in [3.63, 3.8) is 0 Å². The van der Waals surface area contributed by atoms with Crippen molar-refractivity contribution >= 4 is 27.5 Å². The van der Waals surface area contributed by atoms with Crippen LogP contribution in [0, 0.1) is 5.92 Å². The van der Waals surface area contributed by atoms with Gasteiger partial charge in [-0.3, -0.25) is 4.79 Å². The molecular formula is C20H23ClN2O4S. The average molecular weight is 423 g/mol. The molecule has 0 radical (unpaired) electrons. The molecule has 0 saturated carbocycles. The molecule has 0 bridgehead atoms. The van der Waals surface area contributed by atoms with E-state index in [1.54, 1.807) is 17.0 Å². The van der Waals surface area contributed by atoms with Crippen LogP contribution in [-0.4, -0.2) is 45.5 Å². The van der Waals surface area contributed by atoms with Crippen LogP contribution in [0.4, 0.5) is 0 Å². The van der Waals surface area contributed by atoms with Crippen LogP contribution in [-0.2, 0) is 14.8 Å². The number of hydrogen-bond acceptors (Lipinski definition) is 4. The maximum absolute atomic E-state index is 12.3. The summed E-state index contributed by atoms with van der Waals surface area (Å²) in [6.07, 6.45) is 1.50. The van der Waals surface area contributed by atoms with Crippen molar-refractivity contribution in [2.75, 3.05) is 26.2 Å². The Kier molecular flexibility index (Phi) is 6.93. The Bertz CT molecular complexity index is 880. The molecule has 6 nitrogen and oxygen atoms in total. The number of nitrogens with one attached hydrogen (secondary N) is 1. The smallest absolute Gasteiger partial charge is 0.260 e. The lowest BCUT2D eigenvalue weighted by Gasteiger charge is -2.32. The summed E-state index contributed by atoms with van der Waals surface area (Å²) < 4.78 is 32.8. The highest BCUT2D eigenvalue weighted by Gasteiger charge is 2.24. The molecule has 150 valence electrons. The molecule has 1 heterocycles. The van der Waals surface area contributed by atoms with Gasteiger partial charge in [0.2, 0.25) is 10.0 Å². The topological polar surface area (TPSA) is 75.7 Å². The fraction of sp³-hybridized carbons (Fsp3) is 0.350. The summed E-state index contributed by atoms with van der Waals surface area (Å²) in [5.74, 6) is 0.813. The summed E-state index contributed by atoms with van der Waals surface area (Å²) in [5.41, 5.74) is 0. The lowest BCUT2D eigenvalue weighted by atomic mass is 9.97. The van der Waals surface area contributed by atoms with Gasteiger partial charge in [-0.2, -0.15) is 0 Å². The van der Waals surface area contributed by atoms with Crippen molar-refractivity contribution in [1.29, 1.82) is 0 Å². The Morgan fingerprint density at radius 1 is 1.07 bits per heavy atom. The van der Waals surface area contributed by atoms with E-state index in [1.807, 2.05) is 30.3 Å². The highest BCUT2D eigenvalue weighted by Crippen LogP contribution is 2.19. The van der Waals surface area contributed by atoms with Crippen LogP contribution < -0.4 is 9.46 Å². The highest BCUT2D eigenvalue weighted by atomic mass is 35.5. The van der Waals surface area contributed by atoms with Crippen molar-refractivity contribution in [3.05, 3.63) is 59.6 Å². The highest BCUT2D eigenvalue weighted by molar-refractivity contribution is 7.89. The van der Waals surface area contributed by atoms with E-state index in [-0.39, 0.29) is 23.3 Å². The number of para-hydroxylation sites is 1. The number of likely N-dealkylation sites (tertiary alicyclic amines) is 1. The molecule has 0 aliphatic carbocycles. The van der Waals surface area contributed by atoms with Gasteiger partial charge in [0, 0.05) is 24.7 Å². The van der Waals surface area contributed by atoms with Crippen LogP contribution in [0.15, 0.2) is 59.5 Å².